The van der Waals surface area contributed by atoms with E-state index in [0.29, 0.717) is 6.54 Å². The van der Waals surface area contributed by atoms with Crippen LogP contribution in [0.2, 0.25) is 0 Å². The molecular weight excluding hydrogens is 345 g/mol. The van der Waals surface area contributed by atoms with Crippen LogP contribution >= 0.6 is 0 Å². The molecule has 0 bridgehead atoms. The topological polar surface area (TPSA) is 53.4 Å². The van der Waals surface area contributed by atoms with E-state index >= 15 is 0 Å². The summed E-state index contributed by atoms with van der Waals surface area (Å²) in [6, 6.07) is 9.02. The summed E-state index contributed by atoms with van der Waals surface area (Å²) in [7, 11) is 0. The van der Waals surface area contributed by atoms with Gasteiger partial charge in [0.25, 0.3) is 0 Å². The van der Waals surface area contributed by atoms with Gasteiger partial charge in [-0.05, 0) is 43.0 Å². The number of amides is 2. The van der Waals surface area contributed by atoms with E-state index in [0.717, 1.165) is 57.5 Å². The van der Waals surface area contributed by atoms with Gasteiger partial charge < -0.3 is 10.2 Å². The van der Waals surface area contributed by atoms with Gasteiger partial charge in [0, 0.05) is 45.5 Å². The van der Waals surface area contributed by atoms with Crippen LogP contribution in [0.5, 0.6) is 0 Å². The van der Waals surface area contributed by atoms with Gasteiger partial charge in [0.05, 0.1) is 11.7 Å². The summed E-state index contributed by atoms with van der Waals surface area (Å²) in [5.74, 6) is -0.206. The minimum atomic E-state index is -0.206. The fraction of sp³-hybridized carbons (Fsp3) is 0.500. The zero-order valence-electron chi connectivity index (χ0n) is 15.5. The number of rotatable bonds is 5. The third-order valence-corrected chi connectivity index (χ3v) is 5.42. The van der Waals surface area contributed by atoms with Crippen molar-refractivity contribution in [2.24, 2.45) is 0 Å². The molecule has 1 atom stereocenters. The minimum Gasteiger partial charge on any atom is -0.338 e. The lowest BCUT2D eigenvalue weighted by atomic mass is 10.1. The summed E-state index contributed by atoms with van der Waals surface area (Å²) in [5, 5.41) is 7.54. The second kappa shape index (κ2) is 8.08. The van der Waals surface area contributed by atoms with Gasteiger partial charge in [0.2, 0.25) is 0 Å². The summed E-state index contributed by atoms with van der Waals surface area (Å²) in [6.45, 7) is 4.85. The van der Waals surface area contributed by atoms with Crippen molar-refractivity contribution in [3.63, 3.8) is 0 Å². The maximum absolute atomic E-state index is 13.1. The van der Waals surface area contributed by atoms with Crippen LogP contribution in [0.25, 0.3) is 0 Å². The number of likely N-dealkylation sites (tertiary alicyclic amines) is 1. The SMILES string of the molecule is O=C(NCC[C@@H]1CN(Cc2ccc(F)cc2)Cc2ccnn21)N1CCCC1. The lowest BCUT2D eigenvalue weighted by Crippen LogP contribution is -2.41. The average Bonchev–Trinajstić information content (AvgIpc) is 3.35. The smallest absolute Gasteiger partial charge is 0.317 e. The van der Waals surface area contributed by atoms with Gasteiger partial charge in [-0.25, -0.2) is 9.18 Å². The summed E-state index contributed by atoms with van der Waals surface area (Å²) in [5.41, 5.74) is 2.28. The number of halogens is 1. The van der Waals surface area contributed by atoms with E-state index in [-0.39, 0.29) is 17.9 Å². The zero-order valence-corrected chi connectivity index (χ0v) is 15.5. The van der Waals surface area contributed by atoms with E-state index in [4.69, 9.17) is 0 Å². The molecule has 0 spiro atoms. The number of benzene rings is 1. The van der Waals surface area contributed by atoms with E-state index in [2.05, 4.69) is 20.0 Å². The Kier molecular flexibility index (Phi) is 5.38. The Labute approximate surface area is 158 Å². The number of aromatic nitrogens is 2. The minimum absolute atomic E-state index is 0.0483. The predicted molar refractivity (Wildman–Crippen MR) is 101 cm³/mol. The van der Waals surface area contributed by atoms with E-state index in [1.807, 2.05) is 29.3 Å². The van der Waals surface area contributed by atoms with Crippen molar-refractivity contribution in [3.05, 3.63) is 53.6 Å². The lowest BCUT2D eigenvalue weighted by molar-refractivity contribution is 0.160. The molecule has 2 aliphatic rings. The first-order valence-corrected chi connectivity index (χ1v) is 9.71. The van der Waals surface area contributed by atoms with E-state index < -0.39 is 0 Å². The number of carbonyl (C=O) groups excluding carboxylic acids is 1. The molecule has 1 fully saturated rings. The van der Waals surface area contributed by atoms with Gasteiger partial charge in [-0.15, -0.1) is 0 Å². The normalized spacial score (nSPS) is 19.9. The maximum Gasteiger partial charge on any atom is 0.317 e. The molecule has 2 aliphatic heterocycles. The van der Waals surface area contributed by atoms with E-state index in [1.165, 1.54) is 17.8 Å². The van der Waals surface area contributed by atoms with Crippen molar-refractivity contribution in [2.75, 3.05) is 26.2 Å². The third-order valence-electron chi connectivity index (χ3n) is 5.42. The monoisotopic (exact) mass is 371 g/mol. The molecule has 1 N–H and O–H groups in total. The number of nitrogens with one attached hydrogen (secondary N) is 1. The Morgan fingerprint density at radius 2 is 1.96 bits per heavy atom. The van der Waals surface area contributed by atoms with Crippen LogP contribution in [0, 0.1) is 5.82 Å². The summed E-state index contributed by atoms with van der Waals surface area (Å²) in [4.78, 5) is 16.4. The highest BCUT2D eigenvalue weighted by Crippen LogP contribution is 2.24. The molecule has 1 aromatic heterocycles. The molecule has 4 rings (SSSR count). The molecular formula is C20H26FN5O. The maximum atomic E-state index is 13.1. The van der Waals surface area contributed by atoms with Gasteiger partial charge >= 0.3 is 6.03 Å². The summed E-state index contributed by atoms with van der Waals surface area (Å²) < 4.78 is 15.2. The van der Waals surface area contributed by atoms with Crippen LogP contribution < -0.4 is 5.32 Å². The van der Waals surface area contributed by atoms with Crippen LogP contribution in [0.1, 0.15) is 36.6 Å². The van der Waals surface area contributed by atoms with E-state index in [1.54, 1.807) is 0 Å². The first-order valence-electron chi connectivity index (χ1n) is 9.71. The summed E-state index contributed by atoms with van der Waals surface area (Å²) in [6.07, 6.45) is 4.89. The molecule has 1 aromatic carbocycles. The molecule has 0 saturated carbocycles. The second-order valence-electron chi connectivity index (χ2n) is 7.43. The number of carbonyl (C=O) groups is 1. The third kappa shape index (κ3) is 4.30. The first kappa shape index (κ1) is 18.0. The quantitative estimate of drug-likeness (QED) is 0.879. The van der Waals surface area contributed by atoms with Crippen molar-refractivity contribution in [3.8, 4) is 0 Å². The molecule has 2 amide bonds. The number of hydrogen-bond donors (Lipinski definition) is 1. The molecule has 144 valence electrons. The van der Waals surface area contributed by atoms with Gasteiger partial charge in [0.15, 0.2) is 0 Å². The number of hydrogen-bond acceptors (Lipinski definition) is 3. The Morgan fingerprint density at radius 1 is 1.19 bits per heavy atom. The van der Waals surface area contributed by atoms with Crippen molar-refractivity contribution in [1.82, 2.24) is 24.9 Å². The molecule has 27 heavy (non-hydrogen) atoms. The van der Waals surface area contributed by atoms with E-state index in [9.17, 15) is 9.18 Å². The van der Waals surface area contributed by atoms with Gasteiger partial charge in [0.1, 0.15) is 5.82 Å². The first-order chi connectivity index (χ1) is 13.2. The molecule has 3 heterocycles. The molecule has 0 radical (unpaired) electrons. The van der Waals surface area contributed by atoms with Crippen LogP contribution in [0.4, 0.5) is 9.18 Å². The lowest BCUT2D eigenvalue weighted by Gasteiger charge is -2.34. The average molecular weight is 371 g/mol. The molecule has 0 aliphatic carbocycles. The Hall–Kier alpha value is -2.41. The highest BCUT2D eigenvalue weighted by molar-refractivity contribution is 5.74. The molecule has 6 nitrogen and oxygen atoms in total. The fourth-order valence-electron chi connectivity index (χ4n) is 4.02. The van der Waals surface area contributed by atoms with Gasteiger partial charge in [-0.3, -0.25) is 9.58 Å². The second-order valence-corrected chi connectivity index (χ2v) is 7.43. The van der Waals surface area contributed by atoms with Crippen LogP contribution in [0.3, 0.4) is 0 Å². The predicted octanol–water partition coefficient (Wildman–Crippen LogP) is 2.77. The van der Waals surface area contributed by atoms with Gasteiger partial charge in [-0.1, -0.05) is 12.1 Å². The Morgan fingerprint density at radius 3 is 2.74 bits per heavy atom. The number of nitrogens with zero attached hydrogens (tertiary/aromatic N) is 4. The number of fused-ring (bicyclic) bond motifs is 1. The standard InChI is InChI=1S/C20H26FN5O/c21-17-5-3-16(4-6-17)13-24-14-18(26-19(15-24)8-10-23-26)7-9-22-20(27)25-11-1-2-12-25/h3-6,8,10,18H,1-2,7,9,11-15H2,(H,22,27)/t18-/m1/s1. The summed E-state index contributed by atoms with van der Waals surface area (Å²) >= 11 is 0. The molecule has 1 saturated heterocycles. The largest absolute Gasteiger partial charge is 0.338 e. The van der Waals surface area contributed by atoms with Crippen molar-refractivity contribution in [2.45, 2.75) is 38.4 Å². The van der Waals surface area contributed by atoms with Crippen molar-refractivity contribution in [1.29, 1.82) is 0 Å². The molecule has 0 unspecified atom stereocenters. The Balaban J connectivity index is 1.35. The van der Waals surface area contributed by atoms with Crippen LogP contribution in [-0.4, -0.2) is 51.8 Å². The molecule has 7 heteroatoms. The molecule has 2 aromatic rings. The van der Waals surface area contributed by atoms with Crippen LogP contribution in [-0.2, 0) is 13.1 Å². The van der Waals surface area contributed by atoms with Crippen molar-refractivity contribution >= 4 is 6.03 Å². The highest BCUT2D eigenvalue weighted by atomic mass is 19.1. The number of urea groups is 1. The Bertz CT molecular complexity index is 769. The van der Waals surface area contributed by atoms with Crippen molar-refractivity contribution < 1.29 is 9.18 Å². The van der Waals surface area contributed by atoms with Crippen LogP contribution in [0.15, 0.2) is 36.5 Å². The van der Waals surface area contributed by atoms with Gasteiger partial charge in [-0.2, -0.15) is 5.10 Å². The highest BCUT2D eigenvalue weighted by Gasteiger charge is 2.26. The fourth-order valence-corrected chi connectivity index (χ4v) is 4.02. The zero-order chi connectivity index (χ0) is 18.6.